The number of rotatable bonds is 6. The number of aliphatic hydroxyl groups excluding tert-OH is 1. The SMILES string of the molecule is COc1c(C(=O)NC(CO)Cc2ccccc2)sc2c1CCCC2. The van der Waals surface area contributed by atoms with E-state index in [1.54, 1.807) is 7.11 Å². The highest BCUT2D eigenvalue weighted by Gasteiger charge is 2.26. The standard InChI is InChI=1S/C19H23NO3S/c1-23-17-15-9-5-6-10-16(15)24-18(17)19(22)20-14(12-21)11-13-7-3-2-4-8-13/h2-4,7-8,14,21H,5-6,9-12H2,1H3,(H,20,22). The molecule has 0 saturated heterocycles. The molecule has 2 N–H and O–H groups in total. The number of aliphatic hydroxyl groups is 1. The Morgan fingerprint density at radius 2 is 2.04 bits per heavy atom. The molecule has 24 heavy (non-hydrogen) atoms. The first-order chi connectivity index (χ1) is 11.7. The maximum Gasteiger partial charge on any atom is 0.265 e. The van der Waals surface area contributed by atoms with E-state index in [2.05, 4.69) is 5.32 Å². The molecule has 0 fully saturated rings. The van der Waals surface area contributed by atoms with Gasteiger partial charge in [-0.1, -0.05) is 30.3 Å². The van der Waals surface area contributed by atoms with Gasteiger partial charge in [-0.25, -0.2) is 0 Å². The van der Waals surface area contributed by atoms with E-state index in [1.807, 2.05) is 30.3 Å². The normalized spacial score (nSPS) is 14.8. The minimum atomic E-state index is -0.302. The highest BCUT2D eigenvalue weighted by molar-refractivity contribution is 7.14. The number of amides is 1. The third-order valence-corrected chi connectivity index (χ3v) is 5.69. The number of fused-ring (bicyclic) bond motifs is 1. The van der Waals surface area contributed by atoms with Crippen molar-refractivity contribution < 1.29 is 14.6 Å². The molecule has 1 aromatic heterocycles. The van der Waals surface area contributed by atoms with Crippen LogP contribution < -0.4 is 10.1 Å². The van der Waals surface area contributed by atoms with Crippen molar-refractivity contribution >= 4 is 17.2 Å². The summed E-state index contributed by atoms with van der Waals surface area (Å²) in [5, 5.41) is 12.6. The Bertz CT molecular complexity index is 696. The highest BCUT2D eigenvalue weighted by Crippen LogP contribution is 2.39. The molecule has 0 spiro atoms. The van der Waals surface area contributed by atoms with Crippen LogP contribution in [0.3, 0.4) is 0 Å². The van der Waals surface area contributed by atoms with Crippen molar-refractivity contribution in [2.24, 2.45) is 0 Å². The Morgan fingerprint density at radius 3 is 2.75 bits per heavy atom. The fourth-order valence-corrected chi connectivity index (χ4v) is 4.47. The van der Waals surface area contributed by atoms with Crippen LogP contribution in [0.4, 0.5) is 0 Å². The lowest BCUT2D eigenvalue weighted by Crippen LogP contribution is -2.38. The lowest BCUT2D eigenvalue weighted by atomic mass is 9.98. The third kappa shape index (κ3) is 3.62. The number of carbonyl (C=O) groups excluding carboxylic acids is 1. The van der Waals surface area contributed by atoms with Gasteiger partial charge in [0.15, 0.2) is 0 Å². The van der Waals surface area contributed by atoms with Crippen molar-refractivity contribution in [2.45, 2.75) is 38.1 Å². The largest absolute Gasteiger partial charge is 0.495 e. The molecular formula is C19H23NO3S. The molecule has 1 aliphatic rings. The van der Waals surface area contributed by atoms with Crippen LogP contribution in [0, 0.1) is 0 Å². The van der Waals surface area contributed by atoms with Gasteiger partial charge in [-0.3, -0.25) is 4.79 Å². The van der Waals surface area contributed by atoms with Gasteiger partial charge in [0.05, 0.1) is 19.8 Å². The van der Waals surface area contributed by atoms with Gasteiger partial charge < -0.3 is 15.2 Å². The first kappa shape index (κ1) is 17.0. The fraction of sp³-hybridized carbons (Fsp3) is 0.421. The molecule has 128 valence electrons. The number of carbonyl (C=O) groups is 1. The second-order valence-corrected chi connectivity index (χ2v) is 7.22. The smallest absolute Gasteiger partial charge is 0.265 e. The molecule has 0 aliphatic heterocycles. The summed E-state index contributed by atoms with van der Waals surface area (Å²) in [6.45, 7) is -0.0892. The molecule has 1 unspecified atom stereocenters. The number of nitrogens with one attached hydrogen (secondary N) is 1. The van der Waals surface area contributed by atoms with Crippen molar-refractivity contribution in [1.29, 1.82) is 0 Å². The summed E-state index contributed by atoms with van der Waals surface area (Å²) in [6, 6.07) is 9.57. The summed E-state index contributed by atoms with van der Waals surface area (Å²) < 4.78 is 5.53. The molecule has 1 atom stereocenters. The van der Waals surface area contributed by atoms with Gasteiger partial charge in [-0.05, 0) is 37.7 Å². The van der Waals surface area contributed by atoms with E-state index < -0.39 is 0 Å². The van der Waals surface area contributed by atoms with E-state index in [1.165, 1.54) is 28.2 Å². The van der Waals surface area contributed by atoms with Crippen LogP contribution in [-0.4, -0.2) is 30.8 Å². The highest BCUT2D eigenvalue weighted by atomic mass is 32.1. The molecule has 0 saturated carbocycles. The molecule has 4 nitrogen and oxygen atoms in total. The number of methoxy groups -OCH3 is 1. The molecule has 3 rings (SSSR count). The third-order valence-electron chi connectivity index (χ3n) is 4.41. The first-order valence-corrected chi connectivity index (χ1v) is 9.18. The van der Waals surface area contributed by atoms with Crippen molar-refractivity contribution in [3.05, 3.63) is 51.2 Å². The minimum absolute atomic E-state index is 0.0892. The fourth-order valence-electron chi connectivity index (χ4n) is 3.21. The van der Waals surface area contributed by atoms with Crippen molar-refractivity contribution in [1.82, 2.24) is 5.32 Å². The van der Waals surface area contributed by atoms with E-state index in [9.17, 15) is 9.90 Å². The van der Waals surface area contributed by atoms with Gasteiger partial charge in [0.25, 0.3) is 5.91 Å². The number of aryl methyl sites for hydroxylation is 1. The summed E-state index contributed by atoms with van der Waals surface area (Å²) in [5.74, 6) is 0.574. The van der Waals surface area contributed by atoms with Crippen LogP contribution in [0.1, 0.15) is 38.5 Å². The Kier molecular flexibility index (Phi) is 5.53. The lowest BCUT2D eigenvalue weighted by molar-refractivity contribution is 0.0918. The Morgan fingerprint density at radius 1 is 1.29 bits per heavy atom. The van der Waals surface area contributed by atoms with E-state index in [0.29, 0.717) is 11.3 Å². The van der Waals surface area contributed by atoms with Gasteiger partial charge in [0, 0.05) is 10.4 Å². The summed E-state index contributed by atoms with van der Waals surface area (Å²) in [7, 11) is 1.63. The number of benzene rings is 1. The first-order valence-electron chi connectivity index (χ1n) is 8.37. The van der Waals surface area contributed by atoms with Crippen LogP contribution in [0.15, 0.2) is 30.3 Å². The van der Waals surface area contributed by atoms with E-state index in [0.717, 1.165) is 30.6 Å². The monoisotopic (exact) mass is 345 g/mol. The summed E-state index contributed by atoms with van der Waals surface area (Å²) >= 11 is 1.53. The Hall–Kier alpha value is -1.85. The van der Waals surface area contributed by atoms with Crippen LogP contribution in [-0.2, 0) is 19.3 Å². The van der Waals surface area contributed by atoms with Crippen LogP contribution in [0.25, 0.3) is 0 Å². The van der Waals surface area contributed by atoms with E-state index in [-0.39, 0.29) is 18.6 Å². The van der Waals surface area contributed by atoms with Gasteiger partial charge in [-0.15, -0.1) is 11.3 Å². The topological polar surface area (TPSA) is 58.6 Å². The average Bonchev–Trinajstić information content (AvgIpc) is 3.00. The van der Waals surface area contributed by atoms with Crippen molar-refractivity contribution in [3.63, 3.8) is 0 Å². The predicted octanol–water partition coefficient (Wildman–Crippen LogP) is 2.97. The van der Waals surface area contributed by atoms with Gasteiger partial charge in [-0.2, -0.15) is 0 Å². The van der Waals surface area contributed by atoms with Gasteiger partial charge in [0.2, 0.25) is 0 Å². The molecule has 0 radical (unpaired) electrons. The van der Waals surface area contributed by atoms with Crippen LogP contribution in [0.2, 0.25) is 0 Å². The number of hydrogen-bond donors (Lipinski definition) is 2. The van der Waals surface area contributed by atoms with Crippen molar-refractivity contribution in [3.8, 4) is 5.75 Å². The molecule has 1 aliphatic carbocycles. The average molecular weight is 345 g/mol. The number of hydrogen-bond acceptors (Lipinski definition) is 4. The molecule has 5 heteroatoms. The maximum atomic E-state index is 12.7. The van der Waals surface area contributed by atoms with E-state index >= 15 is 0 Å². The maximum absolute atomic E-state index is 12.7. The molecule has 1 aromatic carbocycles. The second-order valence-electron chi connectivity index (χ2n) is 6.12. The summed E-state index contributed by atoms with van der Waals surface area (Å²) in [6.07, 6.45) is 4.93. The molecular weight excluding hydrogens is 322 g/mol. The quantitative estimate of drug-likeness (QED) is 0.846. The lowest BCUT2D eigenvalue weighted by Gasteiger charge is -2.16. The van der Waals surface area contributed by atoms with Crippen LogP contribution in [0.5, 0.6) is 5.75 Å². The zero-order valence-electron chi connectivity index (χ0n) is 13.9. The number of ether oxygens (including phenoxy) is 1. The van der Waals surface area contributed by atoms with Crippen LogP contribution >= 0.6 is 11.3 Å². The summed E-state index contributed by atoms with van der Waals surface area (Å²) in [5.41, 5.74) is 2.29. The zero-order valence-corrected chi connectivity index (χ0v) is 14.7. The second kappa shape index (κ2) is 7.81. The molecule has 1 amide bonds. The number of thiophene rings is 1. The Labute approximate surface area is 146 Å². The zero-order chi connectivity index (χ0) is 16.9. The molecule has 1 heterocycles. The van der Waals surface area contributed by atoms with E-state index in [4.69, 9.17) is 4.74 Å². The predicted molar refractivity (Wildman–Crippen MR) is 96.0 cm³/mol. The molecule has 2 aromatic rings. The molecule has 0 bridgehead atoms. The summed E-state index contributed by atoms with van der Waals surface area (Å²) in [4.78, 5) is 14.6. The van der Waals surface area contributed by atoms with Crippen molar-refractivity contribution in [2.75, 3.05) is 13.7 Å². The minimum Gasteiger partial charge on any atom is -0.495 e. The van der Waals surface area contributed by atoms with Gasteiger partial charge in [0.1, 0.15) is 10.6 Å². The Balaban J connectivity index is 1.75. The van der Waals surface area contributed by atoms with Gasteiger partial charge >= 0.3 is 0 Å².